The summed E-state index contributed by atoms with van der Waals surface area (Å²) in [6.07, 6.45) is 3.03. The normalized spacial score (nSPS) is 12.0. The van der Waals surface area contributed by atoms with Crippen LogP contribution in [0, 0.1) is 0 Å². The van der Waals surface area contributed by atoms with Crippen molar-refractivity contribution in [1.29, 1.82) is 0 Å². The summed E-state index contributed by atoms with van der Waals surface area (Å²) in [6, 6.07) is 20.3. The highest BCUT2D eigenvalue weighted by molar-refractivity contribution is 9.10. The van der Waals surface area contributed by atoms with Gasteiger partial charge in [0.15, 0.2) is 5.65 Å². The molecule has 2 aromatic carbocycles. The van der Waals surface area contributed by atoms with Crippen LogP contribution in [-0.2, 0) is 6.54 Å². The van der Waals surface area contributed by atoms with E-state index in [-0.39, 0.29) is 17.5 Å². The summed E-state index contributed by atoms with van der Waals surface area (Å²) in [5, 5.41) is 0.471. The van der Waals surface area contributed by atoms with Crippen LogP contribution in [0.3, 0.4) is 0 Å². The van der Waals surface area contributed by atoms with E-state index in [1.54, 1.807) is 22.9 Å². The van der Waals surface area contributed by atoms with Crippen molar-refractivity contribution >= 4 is 32.9 Å². The van der Waals surface area contributed by atoms with Gasteiger partial charge in [-0.2, -0.15) is 0 Å². The van der Waals surface area contributed by atoms with E-state index < -0.39 is 0 Å². The van der Waals surface area contributed by atoms with Crippen LogP contribution in [0.5, 0.6) is 0 Å². The maximum absolute atomic E-state index is 13.6. The first-order valence-corrected chi connectivity index (χ1v) is 12.3. The average Bonchev–Trinajstić information content (AvgIpc) is 2.87. The lowest BCUT2D eigenvalue weighted by atomic mass is 10.1. The molecule has 4 aromatic rings. The quantitative estimate of drug-likeness (QED) is 0.304. The molecule has 0 bridgehead atoms. The van der Waals surface area contributed by atoms with Crippen LogP contribution in [0.1, 0.15) is 54.5 Å². The summed E-state index contributed by atoms with van der Waals surface area (Å²) >= 11 is 3.43. The van der Waals surface area contributed by atoms with Gasteiger partial charge in [-0.15, -0.1) is 0 Å². The zero-order valence-corrected chi connectivity index (χ0v) is 20.9. The maximum atomic E-state index is 13.6. The van der Waals surface area contributed by atoms with Crippen LogP contribution >= 0.6 is 15.9 Å². The maximum Gasteiger partial charge on any atom is 0.263 e. The first kappa shape index (κ1) is 23.8. The van der Waals surface area contributed by atoms with Gasteiger partial charge in [0, 0.05) is 22.8 Å². The predicted molar refractivity (Wildman–Crippen MR) is 138 cm³/mol. The number of carbonyl (C=O) groups is 1. The second-order valence-electron chi connectivity index (χ2n) is 8.15. The highest BCUT2D eigenvalue weighted by Crippen LogP contribution is 2.26. The summed E-state index contributed by atoms with van der Waals surface area (Å²) in [4.78, 5) is 38.3. The fraction of sp³-hybridized carbons (Fsp3) is 0.259. The Labute approximate surface area is 207 Å². The second kappa shape index (κ2) is 10.7. The minimum absolute atomic E-state index is 0.0807. The highest BCUT2D eigenvalue weighted by atomic mass is 79.9. The van der Waals surface area contributed by atoms with Crippen molar-refractivity contribution in [3.8, 4) is 0 Å². The first-order chi connectivity index (χ1) is 16.5. The van der Waals surface area contributed by atoms with Crippen molar-refractivity contribution in [3.05, 3.63) is 105 Å². The van der Waals surface area contributed by atoms with Crippen molar-refractivity contribution in [2.24, 2.45) is 0 Å². The summed E-state index contributed by atoms with van der Waals surface area (Å²) in [6.45, 7) is 4.98. The summed E-state index contributed by atoms with van der Waals surface area (Å²) in [7, 11) is 0. The molecule has 2 heterocycles. The number of hydrogen-bond donors (Lipinski definition) is 0. The van der Waals surface area contributed by atoms with Crippen molar-refractivity contribution < 1.29 is 4.79 Å². The summed E-state index contributed by atoms with van der Waals surface area (Å²) in [5.41, 5.74) is 1.85. The van der Waals surface area contributed by atoms with E-state index in [4.69, 9.17) is 4.98 Å². The van der Waals surface area contributed by atoms with Crippen LogP contribution in [0.4, 0.5) is 0 Å². The molecular weight excluding hydrogens is 492 g/mol. The zero-order chi connectivity index (χ0) is 24.1. The van der Waals surface area contributed by atoms with Gasteiger partial charge in [-0.25, -0.2) is 9.97 Å². The number of amides is 1. The Hall–Kier alpha value is -3.32. The van der Waals surface area contributed by atoms with Gasteiger partial charge in [-0.3, -0.25) is 14.2 Å². The van der Waals surface area contributed by atoms with E-state index in [1.165, 1.54) is 0 Å². The molecule has 34 heavy (non-hydrogen) atoms. The summed E-state index contributed by atoms with van der Waals surface area (Å²) in [5.74, 6) is 0.476. The topological polar surface area (TPSA) is 68.1 Å². The van der Waals surface area contributed by atoms with Crippen molar-refractivity contribution in [2.45, 2.75) is 39.3 Å². The third-order valence-electron chi connectivity index (χ3n) is 5.82. The highest BCUT2D eigenvalue weighted by Gasteiger charge is 2.29. The summed E-state index contributed by atoms with van der Waals surface area (Å²) < 4.78 is 2.61. The molecule has 4 rings (SSSR count). The molecule has 0 N–H and O–H groups in total. The molecule has 1 amide bonds. The third-order valence-corrected chi connectivity index (χ3v) is 6.35. The lowest BCUT2D eigenvalue weighted by molar-refractivity contribution is 0.0657. The molecule has 7 heteroatoms. The van der Waals surface area contributed by atoms with Crippen LogP contribution in [0.25, 0.3) is 11.0 Å². The number of pyridine rings is 1. The van der Waals surface area contributed by atoms with E-state index in [9.17, 15) is 9.59 Å². The average molecular weight is 519 g/mol. The molecule has 0 radical (unpaired) electrons. The Bertz CT molecular complexity index is 1340. The van der Waals surface area contributed by atoms with Crippen LogP contribution < -0.4 is 5.56 Å². The minimum Gasteiger partial charge on any atom is -0.328 e. The van der Waals surface area contributed by atoms with Gasteiger partial charge in [0.25, 0.3) is 11.5 Å². The zero-order valence-electron chi connectivity index (χ0n) is 19.3. The van der Waals surface area contributed by atoms with Crippen LogP contribution in [0.15, 0.2) is 82.2 Å². The smallest absolute Gasteiger partial charge is 0.263 e. The monoisotopic (exact) mass is 518 g/mol. The molecule has 0 saturated carbocycles. The van der Waals surface area contributed by atoms with Crippen molar-refractivity contribution in [2.75, 3.05) is 6.54 Å². The van der Waals surface area contributed by atoms with Gasteiger partial charge >= 0.3 is 0 Å². The molecule has 1 unspecified atom stereocenters. The molecule has 0 saturated heterocycles. The van der Waals surface area contributed by atoms with Gasteiger partial charge in [-0.1, -0.05) is 60.1 Å². The Balaban J connectivity index is 1.87. The fourth-order valence-corrected chi connectivity index (χ4v) is 4.45. The number of hydrogen-bond acceptors (Lipinski definition) is 4. The van der Waals surface area contributed by atoms with E-state index in [1.807, 2.05) is 73.3 Å². The number of benzene rings is 2. The van der Waals surface area contributed by atoms with Crippen LogP contribution in [-0.4, -0.2) is 31.9 Å². The van der Waals surface area contributed by atoms with Gasteiger partial charge in [0.1, 0.15) is 5.82 Å². The number of rotatable bonds is 8. The molecule has 0 aliphatic heterocycles. The van der Waals surface area contributed by atoms with Crippen molar-refractivity contribution in [1.82, 2.24) is 19.4 Å². The van der Waals surface area contributed by atoms with E-state index >= 15 is 0 Å². The fourth-order valence-electron chi connectivity index (χ4n) is 4.18. The van der Waals surface area contributed by atoms with Gasteiger partial charge in [0.2, 0.25) is 0 Å². The minimum atomic E-state index is -0.376. The molecule has 0 fully saturated rings. The standard InChI is InChI=1S/C27H27BrN4O2/c1-3-17-31(26(33)20-12-14-21(28)15-13-20)23(4-2)25-30-24-22(11-8-16-29-24)27(34)32(25)18-19-9-6-5-7-10-19/h5-16,23H,3-4,17-18H2,1-2H3. The predicted octanol–water partition coefficient (Wildman–Crippen LogP) is 5.61. The largest absolute Gasteiger partial charge is 0.328 e. The van der Waals surface area contributed by atoms with E-state index in [0.29, 0.717) is 41.9 Å². The number of carbonyl (C=O) groups excluding carboxylic acids is 1. The molecule has 2 aromatic heterocycles. The number of fused-ring (bicyclic) bond motifs is 1. The lowest BCUT2D eigenvalue weighted by Crippen LogP contribution is -2.39. The first-order valence-electron chi connectivity index (χ1n) is 11.5. The second-order valence-corrected chi connectivity index (χ2v) is 9.07. The Morgan fingerprint density at radius 1 is 1.03 bits per heavy atom. The molecular formula is C27H27BrN4O2. The van der Waals surface area contributed by atoms with E-state index in [2.05, 4.69) is 20.9 Å². The lowest BCUT2D eigenvalue weighted by Gasteiger charge is -2.32. The van der Waals surface area contributed by atoms with Crippen LogP contribution in [0.2, 0.25) is 0 Å². The van der Waals surface area contributed by atoms with Gasteiger partial charge in [-0.05, 0) is 54.8 Å². The van der Waals surface area contributed by atoms with Gasteiger partial charge in [0.05, 0.1) is 18.0 Å². The molecule has 6 nitrogen and oxygen atoms in total. The SMILES string of the molecule is CCCN(C(=O)c1ccc(Br)cc1)C(CC)c1nc2ncccc2c(=O)n1Cc1ccccc1. The molecule has 0 aliphatic carbocycles. The molecule has 1 atom stereocenters. The molecule has 0 spiro atoms. The Kier molecular flexibility index (Phi) is 7.53. The molecule has 0 aliphatic rings. The number of halogens is 1. The van der Waals surface area contributed by atoms with E-state index in [0.717, 1.165) is 16.5 Å². The van der Waals surface area contributed by atoms with Gasteiger partial charge < -0.3 is 4.90 Å². The van der Waals surface area contributed by atoms with Crippen molar-refractivity contribution in [3.63, 3.8) is 0 Å². The molecule has 174 valence electrons. The third kappa shape index (κ3) is 4.94. The Morgan fingerprint density at radius 2 is 1.76 bits per heavy atom. The number of nitrogens with zero attached hydrogens (tertiary/aromatic N) is 4. The number of aromatic nitrogens is 3. The Morgan fingerprint density at radius 3 is 2.44 bits per heavy atom.